The number of fused-ring (bicyclic) bond motifs is 1. The molecule has 136 valence electrons. The van der Waals surface area contributed by atoms with Gasteiger partial charge in [-0.15, -0.1) is 0 Å². The van der Waals surface area contributed by atoms with Crippen molar-refractivity contribution in [2.75, 3.05) is 0 Å². The molecule has 4 rings (SSSR count). The molecule has 0 N–H and O–H groups in total. The van der Waals surface area contributed by atoms with Crippen LogP contribution in [0.5, 0.6) is 5.95 Å². The Morgan fingerprint density at radius 1 is 0.821 bits per heavy atom. The lowest BCUT2D eigenvalue weighted by Crippen LogP contribution is -2.11. The summed E-state index contributed by atoms with van der Waals surface area (Å²) in [6.45, 7) is 0. The molecule has 0 bridgehead atoms. The van der Waals surface area contributed by atoms with E-state index in [1.165, 1.54) is 6.08 Å². The van der Waals surface area contributed by atoms with Crippen molar-refractivity contribution >= 4 is 23.0 Å². The summed E-state index contributed by atoms with van der Waals surface area (Å²) in [5.74, 6) is -0.739. The van der Waals surface area contributed by atoms with E-state index >= 15 is 0 Å². The van der Waals surface area contributed by atoms with E-state index in [-0.39, 0.29) is 16.9 Å². The van der Waals surface area contributed by atoms with Crippen molar-refractivity contribution < 1.29 is 13.9 Å². The average Bonchev–Trinajstić information content (AvgIpc) is 2.74. The standard InChI is InChI=1S/C24H16O4/c25-21(16-15-17-9-3-1-4-10-17)28-24-22(18-11-5-2-6-12-18)23(26)19-13-7-8-14-20(19)27-24/h1-16H. The van der Waals surface area contributed by atoms with Crippen molar-refractivity contribution in [3.63, 3.8) is 0 Å². The van der Waals surface area contributed by atoms with Gasteiger partial charge in [-0.3, -0.25) is 4.79 Å². The highest BCUT2D eigenvalue weighted by Crippen LogP contribution is 2.30. The number of carbonyl (C=O) groups is 1. The fourth-order valence-electron chi connectivity index (χ4n) is 2.90. The molecule has 0 spiro atoms. The van der Waals surface area contributed by atoms with Crippen LogP contribution in [0.4, 0.5) is 0 Å². The summed E-state index contributed by atoms with van der Waals surface area (Å²) >= 11 is 0. The molecule has 28 heavy (non-hydrogen) atoms. The van der Waals surface area contributed by atoms with Crippen LogP contribution < -0.4 is 10.2 Å². The minimum atomic E-state index is -0.625. The Hall–Kier alpha value is -3.92. The summed E-state index contributed by atoms with van der Waals surface area (Å²) in [5, 5.41) is 0.431. The molecular formula is C24H16O4. The SMILES string of the molecule is O=C(C=Cc1ccccc1)Oc1oc2ccccc2c(=O)c1-c1ccccc1. The Kier molecular flexibility index (Phi) is 4.85. The Bertz CT molecular complexity index is 1210. The third-order valence-corrected chi connectivity index (χ3v) is 4.23. The van der Waals surface area contributed by atoms with Crippen LogP contribution in [0.1, 0.15) is 5.56 Å². The number of rotatable bonds is 4. The maximum absolute atomic E-state index is 13.0. The number of benzene rings is 3. The van der Waals surface area contributed by atoms with E-state index in [0.29, 0.717) is 16.5 Å². The van der Waals surface area contributed by atoms with E-state index in [0.717, 1.165) is 5.56 Å². The highest BCUT2D eigenvalue weighted by Gasteiger charge is 2.19. The van der Waals surface area contributed by atoms with Gasteiger partial charge in [0.15, 0.2) is 0 Å². The molecule has 0 amide bonds. The predicted octanol–water partition coefficient (Wildman–Crippen LogP) is 5.08. The first-order valence-electron chi connectivity index (χ1n) is 8.78. The molecule has 0 aliphatic rings. The summed E-state index contributed by atoms with van der Waals surface area (Å²) < 4.78 is 11.2. The van der Waals surface area contributed by atoms with Crippen molar-refractivity contribution in [2.45, 2.75) is 0 Å². The Morgan fingerprint density at radius 2 is 1.46 bits per heavy atom. The van der Waals surface area contributed by atoms with Gasteiger partial charge in [0.25, 0.3) is 0 Å². The van der Waals surface area contributed by atoms with Gasteiger partial charge in [-0.05, 0) is 29.3 Å². The van der Waals surface area contributed by atoms with Gasteiger partial charge in [-0.1, -0.05) is 72.8 Å². The van der Waals surface area contributed by atoms with Crippen LogP contribution in [-0.2, 0) is 4.79 Å². The lowest BCUT2D eigenvalue weighted by Gasteiger charge is -2.09. The maximum Gasteiger partial charge on any atom is 0.338 e. The minimum absolute atomic E-state index is 0.113. The first-order chi connectivity index (χ1) is 13.7. The third-order valence-electron chi connectivity index (χ3n) is 4.23. The summed E-state index contributed by atoms with van der Waals surface area (Å²) in [4.78, 5) is 25.4. The van der Waals surface area contributed by atoms with E-state index in [4.69, 9.17) is 9.15 Å². The van der Waals surface area contributed by atoms with Gasteiger partial charge in [0.2, 0.25) is 5.43 Å². The van der Waals surface area contributed by atoms with Gasteiger partial charge in [0.05, 0.1) is 5.39 Å². The second-order valence-corrected chi connectivity index (χ2v) is 6.12. The van der Waals surface area contributed by atoms with Gasteiger partial charge >= 0.3 is 11.9 Å². The van der Waals surface area contributed by atoms with Crippen molar-refractivity contribution in [2.24, 2.45) is 0 Å². The normalized spacial score (nSPS) is 11.0. The lowest BCUT2D eigenvalue weighted by molar-refractivity contribution is -0.129. The van der Waals surface area contributed by atoms with Crippen LogP contribution in [0.2, 0.25) is 0 Å². The summed E-state index contributed by atoms with van der Waals surface area (Å²) in [7, 11) is 0. The molecule has 0 unspecified atom stereocenters. The van der Waals surface area contributed by atoms with E-state index < -0.39 is 5.97 Å². The molecule has 0 saturated heterocycles. The molecule has 1 heterocycles. The molecule has 4 aromatic rings. The highest BCUT2D eigenvalue weighted by atomic mass is 16.6. The number of carbonyl (C=O) groups excluding carboxylic acids is 1. The molecule has 3 aromatic carbocycles. The smallest absolute Gasteiger partial charge is 0.338 e. The first-order valence-corrected chi connectivity index (χ1v) is 8.78. The molecule has 0 atom stereocenters. The Labute approximate surface area is 161 Å². The van der Waals surface area contributed by atoms with E-state index in [2.05, 4.69) is 0 Å². The molecular weight excluding hydrogens is 352 g/mol. The van der Waals surface area contributed by atoms with Crippen LogP contribution in [0.25, 0.3) is 28.2 Å². The summed E-state index contributed by atoms with van der Waals surface area (Å²) in [6, 6.07) is 25.3. The van der Waals surface area contributed by atoms with Crippen LogP contribution >= 0.6 is 0 Å². The molecule has 0 aliphatic carbocycles. The zero-order valence-electron chi connectivity index (χ0n) is 14.9. The fourth-order valence-corrected chi connectivity index (χ4v) is 2.90. The van der Waals surface area contributed by atoms with E-state index in [1.807, 2.05) is 48.5 Å². The van der Waals surface area contributed by atoms with Crippen molar-refractivity contribution in [3.05, 3.63) is 107 Å². The summed E-state index contributed by atoms with van der Waals surface area (Å²) in [6.07, 6.45) is 2.95. The van der Waals surface area contributed by atoms with Crippen molar-refractivity contribution in [1.29, 1.82) is 0 Å². The monoisotopic (exact) mass is 368 g/mol. The number of ether oxygens (including phenoxy) is 1. The largest absolute Gasteiger partial charge is 0.425 e. The topological polar surface area (TPSA) is 56.5 Å². The van der Waals surface area contributed by atoms with Crippen molar-refractivity contribution in [1.82, 2.24) is 0 Å². The number of hydrogen-bond donors (Lipinski definition) is 0. The van der Waals surface area contributed by atoms with Crippen LogP contribution in [0, 0.1) is 0 Å². The van der Waals surface area contributed by atoms with E-state index in [9.17, 15) is 9.59 Å². The van der Waals surface area contributed by atoms with E-state index in [1.54, 1.807) is 42.5 Å². The number of hydrogen-bond acceptors (Lipinski definition) is 4. The molecule has 0 saturated carbocycles. The third kappa shape index (κ3) is 3.62. The lowest BCUT2D eigenvalue weighted by atomic mass is 10.1. The fraction of sp³-hybridized carbons (Fsp3) is 0. The highest BCUT2D eigenvalue weighted by molar-refractivity contribution is 5.91. The first kappa shape index (κ1) is 17.5. The molecule has 4 nitrogen and oxygen atoms in total. The van der Waals surface area contributed by atoms with Crippen LogP contribution in [0.3, 0.4) is 0 Å². The van der Waals surface area contributed by atoms with Crippen LogP contribution in [0.15, 0.2) is 100 Å². The minimum Gasteiger partial charge on any atom is -0.425 e. The van der Waals surface area contributed by atoms with Gasteiger partial charge in [-0.2, -0.15) is 0 Å². The summed E-state index contributed by atoms with van der Waals surface area (Å²) in [5.41, 5.74) is 1.82. The predicted molar refractivity (Wildman–Crippen MR) is 109 cm³/mol. The molecule has 1 aromatic heterocycles. The number of para-hydroxylation sites is 1. The van der Waals surface area contributed by atoms with Crippen LogP contribution in [-0.4, -0.2) is 5.97 Å². The maximum atomic E-state index is 13.0. The molecule has 0 radical (unpaired) electrons. The average molecular weight is 368 g/mol. The van der Waals surface area contributed by atoms with Gasteiger partial charge in [-0.25, -0.2) is 4.79 Å². The van der Waals surface area contributed by atoms with Crippen molar-refractivity contribution in [3.8, 4) is 17.1 Å². The quantitative estimate of drug-likeness (QED) is 0.372. The molecule has 0 aliphatic heterocycles. The molecule has 0 fully saturated rings. The van der Waals surface area contributed by atoms with Gasteiger partial charge < -0.3 is 9.15 Å². The van der Waals surface area contributed by atoms with Gasteiger partial charge in [0.1, 0.15) is 11.1 Å². The second-order valence-electron chi connectivity index (χ2n) is 6.12. The zero-order chi connectivity index (χ0) is 19.3. The van der Waals surface area contributed by atoms with Gasteiger partial charge in [0, 0.05) is 6.08 Å². The molecule has 4 heteroatoms. The number of esters is 1. The Balaban J connectivity index is 1.76. The second kappa shape index (κ2) is 7.76. The zero-order valence-corrected chi connectivity index (χ0v) is 14.9. The Morgan fingerprint density at radius 3 is 2.21 bits per heavy atom.